The van der Waals surface area contributed by atoms with E-state index in [1.165, 1.54) is 10.4 Å². The fourth-order valence-electron chi connectivity index (χ4n) is 1.73. The maximum absolute atomic E-state index is 12.6. The first kappa shape index (κ1) is 14.2. The van der Waals surface area contributed by atoms with Gasteiger partial charge in [0.1, 0.15) is 4.21 Å². The molecule has 1 heterocycles. The highest BCUT2D eigenvalue weighted by atomic mass is 35.5. The van der Waals surface area contributed by atoms with Gasteiger partial charge in [-0.2, -0.15) is 0 Å². The van der Waals surface area contributed by atoms with Crippen molar-refractivity contribution in [3.63, 3.8) is 0 Å². The van der Waals surface area contributed by atoms with Gasteiger partial charge in [0.25, 0.3) is 10.0 Å². The zero-order valence-corrected chi connectivity index (χ0v) is 12.6. The second-order valence-electron chi connectivity index (χ2n) is 3.79. The van der Waals surface area contributed by atoms with E-state index in [0.29, 0.717) is 22.3 Å². The van der Waals surface area contributed by atoms with E-state index in [1.807, 2.05) is 0 Å². The molecule has 0 amide bonds. The maximum atomic E-state index is 12.6. The average Bonchev–Trinajstić information content (AvgIpc) is 2.80. The van der Waals surface area contributed by atoms with Crippen LogP contribution in [-0.2, 0) is 10.0 Å². The third-order valence-electron chi connectivity index (χ3n) is 2.59. The van der Waals surface area contributed by atoms with E-state index < -0.39 is 10.0 Å². The second kappa shape index (κ2) is 5.40. The smallest absolute Gasteiger partial charge is 0.273 e. The number of hydrogen-bond donors (Lipinski definition) is 1. The summed E-state index contributed by atoms with van der Waals surface area (Å²) < 4.78 is 27.0. The van der Waals surface area contributed by atoms with E-state index in [-0.39, 0.29) is 4.21 Å². The highest BCUT2D eigenvalue weighted by Gasteiger charge is 2.26. The summed E-state index contributed by atoms with van der Waals surface area (Å²) >= 11 is 6.84. The Balaban J connectivity index is 2.51. The fourth-order valence-corrected chi connectivity index (χ4v) is 4.83. The zero-order chi connectivity index (χ0) is 14.0. The van der Waals surface area contributed by atoms with Crippen molar-refractivity contribution >= 4 is 44.3 Å². The van der Waals surface area contributed by atoms with Crippen molar-refractivity contribution in [2.24, 2.45) is 0 Å². The Hall–Kier alpha value is -1.24. The average molecular weight is 317 g/mol. The number of hydrogen-bond acceptors (Lipinski definition) is 4. The Morgan fingerprint density at radius 3 is 2.47 bits per heavy atom. The molecule has 0 saturated carbocycles. The van der Waals surface area contributed by atoms with Crippen molar-refractivity contribution in [1.82, 2.24) is 0 Å². The van der Waals surface area contributed by atoms with Crippen LogP contribution in [0.25, 0.3) is 0 Å². The number of nitrogen functional groups attached to an aromatic ring is 1. The molecule has 0 aliphatic rings. The van der Waals surface area contributed by atoms with Crippen LogP contribution in [0.4, 0.5) is 11.4 Å². The van der Waals surface area contributed by atoms with Gasteiger partial charge in [0.2, 0.25) is 0 Å². The van der Waals surface area contributed by atoms with Crippen molar-refractivity contribution in [3.05, 3.63) is 40.7 Å². The van der Waals surface area contributed by atoms with Gasteiger partial charge in [0, 0.05) is 6.54 Å². The summed E-state index contributed by atoms with van der Waals surface area (Å²) in [5.74, 6) is 0. The lowest BCUT2D eigenvalue weighted by Gasteiger charge is -2.23. The van der Waals surface area contributed by atoms with Crippen LogP contribution in [0.2, 0.25) is 4.34 Å². The van der Waals surface area contributed by atoms with Crippen LogP contribution in [0.3, 0.4) is 0 Å². The number of benzene rings is 1. The van der Waals surface area contributed by atoms with Gasteiger partial charge in [0.15, 0.2) is 0 Å². The highest BCUT2D eigenvalue weighted by Crippen LogP contribution is 2.32. The van der Waals surface area contributed by atoms with Gasteiger partial charge in [-0.05, 0) is 31.2 Å². The van der Waals surface area contributed by atoms with Crippen molar-refractivity contribution in [2.75, 3.05) is 16.6 Å². The monoisotopic (exact) mass is 316 g/mol. The molecule has 0 atom stereocenters. The van der Waals surface area contributed by atoms with Gasteiger partial charge in [-0.15, -0.1) is 11.3 Å². The van der Waals surface area contributed by atoms with Crippen LogP contribution in [0.15, 0.2) is 40.6 Å². The topological polar surface area (TPSA) is 63.4 Å². The van der Waals surface area contributed by atoms with Crippen LogP contribution in [0.5, 0.6) is 0 Å². The largest absolute Gasteiger partial charge is 0.397 e. The molecule has 2 aromatic rings. The molecule has 0 radical (unpaired) electrons. The van der Waals surface area contributed by atoms with Gasteiger partial charge >= 0.3 is 0 Å². The minimum atomic E-state index is -3.62. The Morgan fingerprint density at radius 1 is 1.26 bits per heavy atom. The molecule has 4 nitrogen and oxygen atoms in total. The van der Waals surface area contributed by atoms with E-state index >= 15 is 0 Å². The summed E-state index contributed by atoms with van der Waals surface area (Å²) in [6, 6.07) is 9.96. The number of rotatable bonds is 4. The van der Waals surface area contributed by atoms with Crippen LogP contribution >= 0.6 is 22.9 Å². The van der Waals surface area contributed by atoms with E-state index in [0.717, 1.165) is 11.3 Å². The number of para-hydroxylation sites is 2. The SMILES string of the molecule is CCN(c1ccccc1N)S(=O)(=O)c1ccc(Cl)s1. The van der Waals surface area contributed by atoms with Gasteiger partial charge in [0.05, 0.1) is 15.7 Å². The number of anilines is 2. The molecule has 0 spiro atoms. The van der Waals surface area contributed by atoms with Crippen molar-refractivity contribution in [3.8, 4) is 0 Å². The Labute approximate surface area is 121 Å². The predicted molar refractivity (Wildman–Crippen MR) is 80.4 cm³/mol. The molecule has 2 rings (SSSR count). The van der Waals surface area contributed by atoms with Crippen LogP contribution in [-0.4, -0.2) is 15.0 Å². The lowest BCUT2D eigenvalue weighted by atomic mass is 10.3. The molecule has 7 heteroatoms. The Kier molecular flexibility index (Phi) is 4.03. The molecule has 0 fully saturated rings. The molecule has 0 bridgehead atoms. The number of thiophene rings is 1. The van der Waals surface area contributed by atoms with E-state index in [4.69, 9.17) is 17.3 Å². The summed E-state index contributed by atoms with van der Waals surface area (Å²) in [6.45, 7) is 2.06. The standard InChI is InChI=1S/C12H13ClN2O2S2/c1-2-15(10-6-4-3-5-9(10)14)19(16,17)12-8-7-11(13)18-12/h3-8H,2,14H2,1H3. The summed E-state index contributed by atoms with van der Waals surface area (Å²) in [7, 11) is -3.62. The Morgan fingerprint density at radius 2 is 1.95 bits per heavy atom. The summed E-state index contributed by atoms with van der Waals surface area (Å²) in [5, 5.41) is 0. The second-order valence-corrected chi connectivity index (χ2v) is 7.59. The van der Waals surface area contributed by atoms with Crippen molar-refractivity contribution in [1.29, 1.82) is 0 Å². The molecule has 0 unspecified atom stereocenters. The van der Waals surface area contributed by atoms with Gasteiger partial charge in [-0.25, -0.2) is 8.42 Å². The minimum Gasteiger partial charge on any atom is -0.397 e. The molecule has 0 aliphatic heterocycles. The van der Waals surface area contributed by atoms with E-state index in [2.05, 4.69) is 0 Å². The van der Waals surface area contributed by atoms with Crippen molar-refractivity contribution in [2.45, 2.75) is 11.1 Å². The first-order valence-corrected chi connectivity index (χ1v) is 8.23. The van der Waals surface area contributed by atoms with Gasteiger partial charge in [-0.3, -0.25) is 4.31 Å². The minimum absolute atomic E-state index is 0.211. The van der Waals surface area contributed by atoms with Crippen molar-refractivity contribution < 1.29 is 8.42 Å². The summed E-state index contributed by atoms with van der Waals surface area (Å²) in [5.41, 5.74) is 6.76. The normalized spacial score (nSPS) is 11.5. The van der Waals surface area contributed by atoms with Gasteiger partial charge < -0.3 is 5.73 Å². The molecule has 19 heavy (non-hydrogen) atoms. The highest BCUT2D eigenvalue weighted by molar-refractivity contribution is 7.94. The summed E-state index contributed by atoms with van der Waals surface area (Å²) in [6.07, 6.45) is 0. The molecule has 102 valence electrons. The van der Waals surface area contributed by atoms with E-state index in [9.17, 15) is 8.42 Å². The molecule has 0 saturated heterocycles. The summed E-state index contributed by atoms with van der Waals surface area (Å²) in [4.78, 5) is 0. The third-order valence-corrected chi connectivity index (χ3v) is 6.17. The number of nitrogens with two attached hydrogens (primary N) is 1. The maximum Gasteiger partial charge on any atom is 0.273 e. The lowest BCUT2D eigenvalue weighted by Crippen LogP contribution is -2.30. The third kappa shape index (κ3) is 2.70. The molecule has 1 aromatic heterocycles. The number of sulfonamides is 1. The molecular weight excluding hydrogens is 304 g/mol. The lowest BCUT2D eigenvalue weighted by molar-refractivity contribution is 0.594. The Bertz CT molecular complexity index is 683. The first-order chi connectivity index (χ1) is 8.96. The molecular formula is C12H13ClN2O2S2. The zero-order valence-electron chi connectivity index (χ0n) is 10.2. The molecule has 0 aliphatic carbocycles. The van der Waals surface area contributed by atoms with Crippen LogP contribution in [0.1, 0.15) is 6.92 Å². The van der Waals surface area contributed by atoms with Crippen LogP contribution < -0.4 is 10.0 Å². The number of halogens is 1. The number of nitrogens with zero attached hydrogens (tertiary/aromatic N) is 1. The molecule has 1 aromatic carbocycles. The predicted octanol–water partition coefficient (Wildman–Crippen LogP) is 3.20. The fraction of sp³-hybridized carbons (Fsp3) is 0.167. The molecule has 2 N–H and O–H groups in total. The first-order valence-electron chi connectivity index (χ1n) is 5.59. The van der Waals surface area contributed by atoms with Crippen LogP contribution in [0, 0.1) is 0 Å². The quantitative estimate of drug-likeness (QED) is 0.881. The van der Waals surface area contributed by atoms with E-state index in [1.54, 1.807) is 37.3 Å². The van der Waals surface area contributed by atoms with Gasteiger partial charge in [-0.1, -0.05) is 23.7 Å².